The van der Waals surface area contributed by atoms with E-state index in [1.54, 1.807) is 19.9 Å². The highest BCUT2D eigenvalue weighted by molar-refractivity contribution is 6.30. The van der Waals surface area contributed by atoms with Crippen LogP contribution < -0.4 is 16.4 Å². The molecule has 0 aliphatic carbocycles. The molecule has 11 nitrogen and oxygen atoms in total. The van der Waals surface area contributed by atoms with Crippen LogP contribution in [0.2, 0.25) is 5.02 Å². The van der Waals surface area contributed by atoms with Gasteiger partial charge in [0.15, 0.2) is 5.69 Å². The Labute approximate surface area is 250 Å². The number of alkyl halides is 2. The van der Waals surface area contributed by atoms with Crippen LogP contribution in [0, 0.1) is 5.82 Å². The summed E-state index contributed by atoms with van der Waals surface area (Å²) in [6, 6.07) is 7.72. The molecule has 2 heterocycles. The van der Waals surface area contributed by atoms with E-state index in [1.807, 2.05) is 0 Å². The third-order valence-electron chi connectivity index (χ3n) is 6.97. The summed E-state index contributed by atoms with van der Waals surface area (Å²) in [5, 5.41) is 9.48. The molecule has 0 radical (unpaired) electrons. The van der Waals surface area contributed by atoms with Crippen LogP contribution in [-0.2, 0) is 22.7 Å². The molecule has 230 valence electrons. The minimum Gasteiger partial charge on any atom is -0.364 e. The first kappa shape index (κ1) is 31.6. The van der Waals surface area contributed by atoms with Gasteiger partial charge in [0.25, 0.3) is 11.8 Å². The Balaban J connectivity index is 1.47. The molecule has 0 saturated carbocycles. The number of aromatic nitrogens is 2. The molecule has 0 unspecified atom stereocenters. The van der Waals surface area contributed by atoms with E-state index in [-0.39, 0.29) is 66.4 Å². The Morgan fingerprint density at radius 3 is 2.60 bits per heavy atom. The van der Waals surface area contributed by atoms with Crippen LogP contribution in [0.25, 0.3) is 10.9 Å². The maximum absolute atomic E-state index is 14.2. The number of likely N-dealkylation sites (tertiary alicyclic amines) is 1. The molecule has 0 spiro atoms. The maximum Gasteiger partial charge on any atom is 0.322 e. The molecule has 1 aromatic heterocycles. The summed E-state index contributed by atoms with van der Waals surface area (Å²) in [7, 11) is 0. The number of amides is 5. The number of primary amides is 1. The number of nitrogens with one attached hydrogen (secondary N) is 2. The second kappa shape index (κ2) is 12.9. The van der Waals surface area contributed by atoms with Gasteiger partial charge < -0.3 is 26.2 Å². The Kier molecular flexibility index (Phi) is 9.48. The van der Waals surface area contributed by atoms with Gasteiger partial charge in [-0.15, -0.1) is 0 Å². The van der Waals surface area contributed by atoms with Crippen LogP contribution in [0.15, 0.2) is 36.4 Å². The largest absolute Gasteiger partial charge is 0.364 e. The molecule has 1 fully saturated rings. The Morgan fingerprint density at radius 2 is 1.93 bits per heavy atom. The minimum absolute atomic E-state index is 0.0753. The Morgan fingerprint density at radius 1 is 1.19 bits per heavy atom. The standard InChI is InChI=1S/C28H31ClF3N7O4/c1-16(2)38(13-22(40)34-12-17-5-3-6-20(29)24(17)30)23(41)14-39-21-8-7-18(11-19(21)25(36-39)26(33)42)35-27(43)37-10-4-9-28(31,32)15-37/h3,5-8,11,16H,4,9-10,12-15H2,1-2H3,(H2,33,42)(H,34,40)(H,35,43). The Hall–Kier alpha value is -4.33. The molecular weight excluding hydrogens is 591 g/mol. The summed E-state index contributed by atoms with van der Waals surface area (Å²) in [6.07, 6.45) is -0.119. The molecule has 1 aliphatic heterocycles. The van der Waals surface area contributed by atoms with Gasteiger partial charge in [-0.3, -0.25) is 19.1 Å². The van der Waals surface area contributed by atoms with Crippen molar-refractivity contribution in [3.8, 4) is 0 Å². The number of fused-ring (bicyclic) bond motifs is 1. The van der Waals surface area contributed by atoms with E-state index in [2.05, 4.69) is 15.7 Å². The van der Waals surface area contributed by atoms with Gasteiger partial charge >= 0.3 is 6.03 Å². The lowest BCUT2D eigenvalue weighted by atomic mass is 10.1. The van der Waals surface area contributed by atoms with Crippen LogP contribution in [0.5, 0.6) is 0 Å². The SMILES string of the molecule is CC(C)N(CC(=O)NCc1cccc(Cl)c1F)C(=O)Cn1nc(C(N)=O)c2cc(NC(=O)N3CCCC(F)(F)C3)ccc21. The van der Waals surface area contributed by atoms with Gasteiger partial charge in [0, 0.05) is 42.2 Å². The molecule has 43 heavy (non-hydrogen) atoms. The van der Waals surface area contributed by atoms with Crippen molar-refractivity contribution in [2.45, 2.75) is 51.7 Å². The fourth-order valence-corrected chi connectivity index (χ4v) is 4.96. The highest BCUT2D eigenvalue weighted by Crippen LogP contribution is 2.28. The average Bonchev–Trinajstić information content (AvgIpc) is 3.29. The van der Waals surface area contributed by atoms with Crippen molar-refractivity contribution in [1.29, 1.82) is 0 Å². The van der Waals surface area contributed by atoms with Gasteiger partial charge in [0.05, 0.1) is 23.6 Å². The van der Waals surface area contributed by atoms with Crippen molar-refractivity contribution in [2.24, 2.45) is 5.73 Å². The zero-order valence-corrected chi connectivity index (χ0v) is 24.3. The predicted molar refractivity (Wildman–Crippen MR) is 153 cm³/mol. The van der Waals surface area contributed by atoms with Crippen molar-refractivity contribution < 1.29 is 32.3 Å². The number of nitrogens with two attached hydrogens (primary N) is 1. The number of hydrogen-bond acceptors (Lipinski definition) is 5. The first-order chi connectivity index (χ1) is 20.3. The first-order valence-corrected chi connectivity index (χ1v) is 13.9. The molecule has 0 bridgehead atoms. The molecule has 5 amide bonds. The van der Waals surface area contributed by atoms with E-state index >= 15 is 0 Å². The van der Waals surface area contributed by atoms with Crippen molar-refractivity contribution >= 4 is 51.9 Å². The van der Waals surface area contributed by atoms with Crippen molar-refractivity contribution in [3.63, 3.8) is 0 Å². The van der Waals surface area contributed by atoms with Crippen molar-refractivity contribution in [1.82, 2.24) is 24.9 Å². The summed E-state index contributed by atoms with van der Waals surface area (Å²) in [5.41, 5.74) is 6.10. The van der Waals surface area contributed by atoms with Crippen molar-refractivity contribution in [3.05, 3.63) is 58.5 Å². The monoisotopic (exact) mass is 621 g/mol. The predicted octanol–water partition coefficient (Wildman–Crippen LogP) is 3.74. The number of halogens is 4. The van der Waals surface area contributed by atoms with E-state index in [4.69, 9.17) is 17.3 Å². The molecular formula is C28H31ClF3N7O4. The third kappa shape index (κ3) is 7.55. The molecule has 1 aliphatic rings. The van der Waals surface area contributed by atoms with E-state index in [0.717, 1.165) is 4.90 Å². The molecule has 4 N–H and O–H groups in total. The number of hydrogen-bond donors (Lipinski definition) is 3. The second-order valence-corrected chi connectivity index (χ2v) is 10.9. The number of urea groups is 1. The summed E-state index contributed by atoms with van der Waals surface area (Å²) < 4.78 is 43.0. The number of carbonyl (C=O) groups is 4. The minimum atomic E-state index is -2.97. The van der Waals surface area contributed by atoms with Gasteiger partial charge in [0.1, 0.15) is 12.4 Å². The van der Waals surface area contributed by atoms with Crippen LogP contribution in [-0.4, -0.2) is 74.9 Å². The number of piperidine rings is 1. The van der Waals surface area contributed by atoms with Crippen molar-refractivity contribution in [2.75, 3.05) is 25.0 Å². The summed E-state index contributed by atoms with van der Waals surface area (Å²) >= 11 is 5.79. The normalized spacial score (nSPS) is 14.5. The Bertz CT molecular complexity index is 1560. The molecule has 1 saturated heterocycles. The quantitative estimate of drug-likeness (QED) is 0.334. The maximum atomic E-state index is 14.2. The molecule has 0 atom stereocenters. The van der Waals surface area contributed by atoms with E-state index < -0.39 is 48.1 Å². The lowest BCUT2D eigenvalue weighted by Gasteiger charge is -2.32. The number of benzene rings is 2. The van der Waals surface area contributed by atoms with Gasteiger partial charge in [0.2, 0.25) is 11.8 Å². The average molecular weight is 622 g/mol. The highest BCUT2D eigenvalue weighted by atomic mass is 35.5. The smallest absolute Gasteiger partial charge is 0.322 e. The molecule has 4 rings (SSSR count). The van der Waals surface area contributed by atoms with Gasteiger partial charge in [-0.2, -0.15) is 5.10 Å². The topological polar surface area (TPSA) is 143 Å². The van der Waals surface area contributed by atoms with Gasteiger partial charge in [-0.25, -0.2) is 18.0 Å². The van der Waals surface area contributed by atoms with Gasteiger partial charge in [-0.1, -0.05) is 23.7 Å². The van der Waals surface area contributed by atoms with Crippen LogP contribution >= 0.6 is 11.6 Å². The fourth-order valence-electron chi connectivity index (χ4n) is 4.77. The van der Waals surface area contributed by atoms with E-state index in [1.165, 1.54) is 39.9 Å². The number of anilines is 1. The zero-order valence-electron chi connectivity index (χ0n) is 23.5. The zero-order chi connectivity index (χ0) is 31.5. The highest BCUT2D eigenvalue weighted by Gasteiger charge is 2.37. The van der Waals surface area contributed by atoms with Crippen LogP contribution in [0.3, 0.4) is 0 Å². The van der Waals surface area contributed by atoms with Crippen LogP contribution in [0.1, 0.15) is 42.7 Å². The lowest BCUT2D eigenvalue weighted by Crippen LogP contribution is -2.47. The summed E-state index contributed by atoms with van der Waals surface area (Å²) in [5.74, 6) is -5.53. The van der Waals surface area contributed by atoms with E-state index in [9.17, 15) is 32.3 Å². The number of carbonyl (C=O) groups excluding carboxylic acids is 4. The summed E-state index contributed by atoms with van der Waals surface area (Å²) in [4.78, 5) is 53.0. The molecule has 2 aromatic carbocycles. The molecule has 15 heteroatoms. The third-order valence-corrected chi connectivity index (χ3v) is 7.26. The number of rotatable bonds is 9. The van der Waals surface area contributed by atoms with Crippen LogP contribution in [0.4, 0.5) is 23.7 Å². The number of nitrogens with zero attached hydrogens (tertiary/aromatic N) is 4. The first-order valence-electron chi connectivity index (χ1n) is 13.5. The second-order valence-electron chi connectivity index (χ2n) is 10.5. The molecule has 3 aromatic rings. The lowest BCUT2D eigenvalue weighted by molar-refractivity contribution is -0.138. The summed E-state index contributed by atoms with van der Waals surface area (Å²) in [6.45, 7) is 2.10. The van der Waals surface area contributed by atoms with E-state index in [0.29, 0.717) is 5.52 Å². The fraction of sp³-hybridized carbons (Fsp3) is 0.393. The van der Waals surface area contributed by atoms with Gasteiger partial charge in [-0.05, 0) is 44.5 Å².